The monoisotopic (exact) mass is 209 g/mol. The summed E-state index contributed by atoms with van der Waals surface area (Å²) in [7, 11) is 0. The van der Waals surface area contributed by atoms with Crippen LogP contribution in [0.25, 0.3) is 0 Å². The molecule has 0 spiro atoms. The maximum atomic E-state index is 11.2. The van der Waals surface area contributed by atoms with Crippen molar-refractivity contribution in [1.82, 2.24) is 4.98 Å². The van der Waals surface area contributed by atoms with Crippen molar-refractivity contribution in [2.75, 3.05) is 0 Å². The Balaban J connectivity index is 2.10. The molecule has 0 amide bonds. The van der Waals surface area contributed by atoms with Gasteiger partial charge in [0.2, 0.25) is 0 Å². The van der Waals surface area contributed by atoms with Gasteiger partial charge in [0.05, 0.1) is 5.01 Å². The van der Waals surface area contributed by atoms with E-state index in [0.29, 0.717) is 5.92 Å². The molecule has 1 saturated carbocycles. The Labute approximate surface area is 88.4 Å². The number of rotatable bonds is 3. The van der Waals surface area contributed by atoms with E-state index in [0.717, 1.165) is 30.6 Å². The molecule has 76 valence electrons. The van der Waals surface area contributed by atoms with Crippen LogP contribution in [0.1, 0.15) is 31.2 Å². The minimum absolute atomic E-state index is 0.0999. The van der Waals surface area contributed by atoms with E-state index in [1.807, 2.05) is 11.6 Å². The Morgan fingerprint density at radius 1 is 1.79 bits per heavy atom. The van der Waals surface area contributed by atoms with Gasteiger partial charge < -0.3 is 4.79 Å². The average molecular weight is 209 g/mol. The van der Waals surface area contributed by atoms with Gasteiger partial charge in [0.1, 0.15) is 6.29 Å². The molecule has 2 nitrogen and oxygen atoms in total. The highest BCUT2D eigenvalue weighted by atomic mass is 32.1. The predicted octanol–water partition coefficient (Wildman–Crippen LogP) is 2.69. The summed E-state index contributed by atoms with van der Waals surface area (Å²) in [5.74, 6) is 0.695. The molecular weight excluding hydrogens is 194 g/mol. The second-order valence-corrected chi connectivity index (χ2v) is 5.41. The first-order valence-corrected chi connectivity index (χ1v) is 5.97. The molecule has 0 bridgehead atoms. The van der Waals surface area contributed by atoms with E-state index in [2.05, 4.69) is 11.9 Å². The van der Waals surface area contributed by atoms with Gasteiger partial charge in [0.25, 0.3) is 0 Å². The third-order valence-corrected chi connectivity index (χ3v) is 3.91. The van der Waals surface area contributed by atoms with Crippen molar-refractivity contribution in [3.05, 3.63) is 16.6 Å². The Morgan fingerprint density at radius 3 is 3.14 bits per heavy atom. The summed E-state index contributed by atoms with van der Waals surface area (Å²) in [6.07, 6.45) is 7.09. The topological polar surface area (TPSA) is 30.0 Å². The molecule has 14 heavy (non-hydrogen) atoms. The van der Waals surface area contributed by atoms with Gasteiger partial charge in [-0.1, -0.05) is 6.92 Å². The first kappa shape index (κ1) is 9.84. The van der Waals surface area contributed by atoms with Crippen LogP contribution in [0.2, 0.25) is 0 Å². The summed E-state index contributed by atoms with van der Waals surface area (Å²) in [6.45, 7) is 2.23. The Kier molecular flexibility index (Phi) is 2.68. The zero-order chi connectivity index (χ0) is 10.0. The quantitative estimate of drug-likeness (QED) is 0.716. The van der Waals surface area contributed by atoms with Crippen molar-refractivity contribution >= 4 is 17.6 Å². The Bertz CT molecular complexity index is 309. The molecule has 3 heteroatoms. The molecule has 2 atom stereocenters. The maximum absolute atomic E-state index is 11.2. The predicted molar refractivity (Wildman–Crippen MR) is 57.3 cm³/mol. The molecule has 0 N–H and O–H groups in total. The van der Waals surface area contributed by atoms with E-state index >= 15 is 0 Å². The SMILES string of the molecule is CC1CCC(C=O)(Cc2nccs2)C1. The molecule has 2 rings (SSSR count). The van der Waals surface area contributed by atoms with Crippen molar-refractivity contribution in [3.63, 3.8) is 0 Å². The van der Waals surface area contributed by atoms with Crippen LogP contribution >= 0.6 is 11.3 Å². The first-order valence-electron chi connectivity index (χ1n) is 5.09. The molecule has 2 unspecified atom stereocenters. The van der Waals surface area contributed by atoms with Gasteiger partial charge in [-0.2, -0.15) is 0 Å². The number of carbonyl (C=O) groups excluding carboxylic acids is 1. The fraction of sp³-hybridized carbons (Fsp3) is 0.636. The van der Waals surface area contributed by atoms with Crippen molar-refractivity contribution in [3.8, 4) is 0 Å². The zero-order valence-electron chi connectivity index (χ0n) is 8.40. The number of thiazole rings is 1. The first-order chi connectivity index (χ1) is 6.74. The lowest BCUT2D eigenvalue weighted by Gasteiger charge is -2.20. The summed E-state index contributed by atoms with van der Waals surface area (Å²) in [6, 6.07) is 0. The number of carbonyl (C=O) groups is 1. The molecule has 1 heterocycles. The Morgan fingerprint density at radius 2 is 2.64 bits per heavy atom. The van der Waals surface area contributed by atoms with E-state index in [4.69, 9.17) is 0 Å². The lowest BCUT2D eigenvalue weighted by molar-refractivity contribution is -0.116. The largest absolute Gasteiger partial charge is 0.303 e. The van der Waals surface area contributed by atoms with Crippen LogP contribution in [0.3, 0.4) is 0 Å². The summed E-state index contributed by atoms with van der Waals surface area (Å²) < 4.78 is 0. The molecule has 1 fully saturated rings. The molecule has 1 aliphatic carbocycles. The zero-order valence-corrected chi connectivity index (χ0v) is 9.22. The summed E-state index contributed by atoms with van der Waals surface area (Å²) in [4.78, 5) is 15.4. The molecule has 0 aliphatic heterocycles. The fourth-order valence-electron chi connectivity index (χ4n) is 2.38. The second-order valence-electron chi connectivity index (χ2n) is 4.43. The summed E-state index contributed by atoms with van der Waals surface area (Å²) >= 11 is 1.65. The van der Waals surface area contributed by atoms with Crippen molar-refractivity contribution in [2.24, 2.45) is 11.3 Å². The number of hydrogen-bond acceptors (Lipinski definition) is 3. The van der Waals surface area contributed by atoms with Gasteiger partial charge in [0.15, 0.2) is 0 Å². The molecule has 0 radical (unpaired) electrons. The molecule has 1 aromatic heterocycles. The van der Waals surface area contributed by atoms with Gasteiger partial charge >= 0.3 is 0 Å². The summed E-state index contributed by atoms with van der Waals surface area (Å²) in [5, 5.41) is 3.08. The normalized spacial score (nSPS) is 31.9. The van der Waals surface area contributed by atoms with E-state index in [-0.39, 0.29) is 5.41 Å². The van der Waals surface area contributed by atoms with Crippen LogP contribution in [-0.2, 0) is 11.2 Å². The standard InChI is InChI=1S/C11H15NOS/c1-9-2-3-11(6-9,8-13)7-10-12-4-5-14-10/h4-5,8-9H,2-3,6-7H2,1H3. The van der Waals surface area contributed by atoms with Crippen molar-refractivity contribution in [1.29, 1.82) is 0 Å². The highest BCUT2D eigenvalue weighted by Crippen LogP contribution is 2.42. The highest BCUT2D eigenvalue weighted by molar-refractivity contribution is 7.09. The van der Waals surface area contributed by atoms with E-state index in [1.54, 1.807) is 11.3 Å². The summed E-state index contributed by atoms with van der Waals surface area (Å²) in [5.41, 5.74) is -0.0999. The smallest absolute Gasteiger partial charge is 0.126 e. The molecule has 1 aliphatic rings. The number of aromatic nitrogens is 1. The van der Waals surface area contributed by atoms with Crippen LogP contribution in [0.4, 0.5) is 0 Å². The third-order valence-electron chi connectivity index (χ3n) is 3.13. The highest BCUT2D eigenvalue weighted by Gasteiger charge is 2.37. The van der Waals surface area contributed by atoms with Crippen LogP contribution in [0.5, 0.6) is 0 Å². The van der Waals surface area contributed by atoms with Crippen molar-refractivity contribution in [2.45, 2.75) is 32.6 Å². The van der Waals surface area contributed by atoms with Gasteiger partial charge in [-0.25, -0.2) is 4.98 Å². The van der Waals surface area contributed by atoms with Crippen LogP contribution < -0.4 is 0 Å². The van der Waals surface area contributed by atoms with Gasteiger partial charge in [-0.15, -0.1) is 11.3 Å². The number of hydrogen-bond donors (Lipinski definition) is 0. The third kappa shape index (κ3) is 1.87. The van der Waals surface area contributed by atoms with Crippen molar-refractivity contribution < 1.29 is 4.79 Å². The minimum atomic E-state index is -0.0999. The van der Waals surface area contributed by atoms with E-state index in [9.17, 15) is 4.79 Å². The fourth-order valence-corrected chi connectivity index (χ4v) is 3.15. The van der Waals surface area contributed by atoms with Gasteiger partial charge in [-0.3, -0.25) is 0 Å². The number of nitrogens with zero attached hydrogens (tertiary/aromatic N) is 1. The van der Waals surface area contributed by atoms with E-state index < -0.39 is 0 Å². The lowest BCUT2D eigenvalue weighted by Crippen LogP contribution is -2.21. The maximum Gasteiger partial charge on any atom is 0.126 e. The molecular formula is C11H15NOS. The van der Waals surface area contributed by atoms with E-state index in [1.165, 1.54) is 6.42 Å². The van der Waals surface area contributed by atoms with Gasteiger partial charge in [0, 0.05) is 23.4 Å². The average Bonchev–Trinajstić information content (AvgIpc) is 2.77. The van der Waals surface area contributed by atoms with Gasteiger partial charge in [-0.05, 0) is 25.2 Å². The lowest BCUT2D eigenvalue weighted by atomic mass is 9.84. The van der Waals surface area contributed by atoms with Crippen LogP contribution in [0.15, 0.2) is 11.6 Å². The molecule has 1 aromatic rings. The Hall–Kier alpha value is -0.700. The second kappa shape index (κ2) is 3.81. The van der Waals surface area contributed by atoms with Crippen LogP contribution in [0, 0.1) is 11.3 Å². The molecule has 0 saturated heterocycles. The number of aldehydes is 1. The van der Waals surface area contributed by atoms with Crippen LogP contribution in [-0.4, -0.2) is 11.3 Å². The minimum Gasteiger partial charge on any atom is -0.303 e. The molecule has 0 aromatic carbocycles.